The van der Waals surface area contributed by atoms with Crippen molar-refractivity contribution in [2.24, 2.45) is 5.16 Å². The van der Waals surface area contributed by atoms with Gasteiger partial charge in [0.1, 0.15) is 0 Å². The minimum Gasteiger partial charge on any atom is -0.465 e. The molecule has 0 unspecified atom stereocenters. The lowest BCUT2D eigenvalue weighted by Crippen LogP contribution is -2.18. The maximum absolute atomic E-state index is 13.4. The zero-order chi connectivity index (χ0) is 19.1. The van der Waals surface area contributed by atoms with Crippen LogP contribution in [-0.2, 0) is 14.4 Å². The number of benzene rings is 2. The largest absolute Gasteiger partial charge is 0.465 e. The second kappa shape index (κ2) is 8.65. The Morgan fingerprint density at radius 3 is 2.42 bits per heavy atom. The predicted molar refractivity (Wildman–Crippen MR) is 86.3 cm³/mol. The molecule has 1 N–H and O–H groups in total. The van der Waals surface area contributed by atoms with Crippen LogP contribution in [0.15, 0.2) is 41.6 Å². The van der Waals surface area contributed by atoms with Gasteiger partial charge in [-0.2, -0.15) is 0 Å². The van der Waals surface area contributed by atoms with Crippen LogP contribution in [0.4, 0.5) is 18.9 Å². The summed E-state index contributed by atoms with van der Waals surface area (Å²) in [7, 11) is 1.27. The van der Waals surface area contributed by atoms with Gasteiger partial charge in [0.2, 0.25) is 0 Å². The van der Waals surface area contributed by atoms with Gasteiger partial charge in [0.05, 0.1) is 24.6 Å². The number of anilines is 1. The zero-order valence-corrected chi connectivity index (χ0v) is 13.5. The van der Waals surface area contributed by atoms with Gasteiger partial charge in [-0.15, -0.1) is 0 Å². The van der Waals surface area contributed by atoms with Crippen LogP contribution < -0.4 is 5.32 Å². The van der Waals surface area contributed by atoms with E-state index in [0.717, 1.165) is 6.07 Å². The number of methoxy groups -OCH3 is 1. The Morgan fingerprint density at radius 1 is 1.08 bits per heavy atom. The van der Waals surface area contributed by atoms with E-state index in [1.54, 1.807) is 12.1 Å². The fourth-order valence-electron chi connectivity index (χ4n) is 1.83. The number of hydrogen-bond acceptors (Lipinski definition) is 5. The van der Waals surface area contributed by atoms with Crippen molar-refractivity contribution in [3.05, 3.63) is 65.0 Å². The van der Waals surface area contributed by atoms with Crippen LogP contribution in [0, 0.1) is 17.5 Å². The molecule has 0 atom stereocenters. The summed E-state index contributed by atoms with van der Waals surface area (Å²) in [5.41, 5.74) is 0.433. The number of ether oxygens (including phenoxy) is 1. The standard InChI is InChI=1S/C17H13F3N2O4/c1-25-17(24)11-4-2-10(3-5-11)8-21-26-9-14(23)22-13-7-6-12(18)15(19)16(13)20/h2-8H,9H2,1H3,(H,22,23)/b21-8-. The molecule has 0 spiro atoms. The molecule has 0 saturated heterocycles. The number of oxime groups is 1. The van der Waals surface area contributed by atoms with Crippen LogP contribution in [0.3, 0.4) is 0 Å². The maximum atomic E-state index is 13.4. The van der Waals surface area contributed by atoms with E-state index in [2.05, 4.69) is 9.89 Å². The molecule has 0 aliphatic heterocycles. The minimum absolute atomic E-state index is 0.360. The van der Waals surface area contributed by atoms with Gasteiger partial charge in [-0.25, -0.2) is 18.0 Å². The van der Waals surface area contributed by atoms with E-state index >= 15 is 0 Å². The number of nitrogens with one attached hydrogen (secondary N) is 1. The van der Waals surface area contributed by atoms with Crippen LogP contribution >= 0.6 is 0 Å². The highest BCUT2D eigenvalue weighted by Gasteiger charge is 2.15. The van der Waals surface area contributed by atoms with Crippen LogP contribution in [0.5, 0.6) is 0 Å². The molecule has 0 heterocycles. The molecule has 26 heavy (non-hydrogen) atoms. The Morgan fingerprint density at radius 2 is 1.77 bits per heavy atom. The first-order valence-corrected chi connectivity index (χ1v) is 7.19. The van der Waals surface area contributed by atoms with Gasteiger partial charge in [-0.1, -0.05) is 17.3 Å². The molecule has 2 aromatic rings. The highest BCUT2D eigenvalue weighted by atomic mass is 19.2. The number of carbonyl (C=O) groups is 2. The summed E-state index contributed by atoms with van der Waals surface area (Å²) in [5, 5.41) is 5.57. The number of rotatable bonds is 6. The van der Waals surface area contributed by atoms with Crippen molar-refractivity contribution in [3.63, 3.8) is 0 Å². The molecule has 2 rings (SSSR count). The Bertz CT molecular complexity index is 839. The Labute approximate surface area is 146 Å². The molecular weight excluding hydrogens is 353 g/mol. The first-order chi connectivity index (χ1) is 12.4. The van der Waals surface area contributed by atoms with Gasteiger partial charge >= 0.3 is 5.97 Å². The van der Waals surface area contributed by atoms with Crippen molar-refractivity contribution in [3.8, 4) is 0 Å². The summed E-state index contributed by atoms with van der Waals surface area (Å²) in [5.74, 6) is -5.84. The summed E-state index contributed by atoms with van der Waals surface area (Å²) in [4.78, 5) is 27.6. The first-order valence-electron chi connectivity index (χ1n) is 7.19. The summed E-state index contributed by atoms with van der Waals surface area (Å²) in [6.45, 7) is -0.574. The molecule has 0 aromatic heterocycles. The Hall–Kier alpha value is -3.36. The van der Waals surface area contributed by atoms with Crippen molar-refractivity contribution < 1.29 is 32.3 Å². The summed E-state index contributed by atoms with van der Waals surface area (Å²) < 4.78 is 43.8. The van der Waals surface area contributed by atoms with Crippen LogP contribution in [-0.4, -0.2) is 31.8 Å². The van der Waals surface area contributed by atoms with Crippen molar-refractivity contribution in [2.45, 2.75) is 0 Å². The molecule has 0 fully saturated rings. The topological polar surface area (TPSA) is 77.0 Å². The second-order valence-corrected chi connectivity index (χ2v) is 4.89. The smallest absolute Gasteiger partial charge is 0.337 e. The lowest BCUT2D eigenvalue weighted by Gasteiger charge is -2.06. The quantitative estimate of drug-likeness (QED) is 0.369. The molecule has 0 radical (unpaired) electrons. The zero-order valence-electron chi connectivity index (χ0n) is 13.5. The van der Waals surface area contributed by atoms with E-state index in [1.807, 2.05) is 5.32 Å². The van der Waals surface area contributed by atoms with Gasteiger partial charge in [0.15, 0.2) is 24.1 Å². The normalized spacial score (nSPS) is 10.6. The van der Waals surface area contributed by atoms with Crippen LogP contribution in [0.2, 0.25) is 0 Å². The summed E-state index contributed by atoms with van der Waals surface area (Å²) in [6, 6.07) is 7.77. The van der Waals surface area contributed by atoms with E-state index in [0.29, 0.717) is 17.2 Å². The van der Waals surface area contributed by atoms with E-state index < -0.39 is 41.6 Å². The lowest BCUT2D eigenvalue weighted by molar-refractivity contribution is -0.120. The van der Waals surface area contributed by atoms with Gasteiger partial charge in [0.25, 0.3) is 5.91 Å². The first kappa shape index (κ1) is 19.0. The van der Waals surface area contributed by atoms with Crippen molar-refractivity contribution in [2.75, 3.05) is 19.0 Å². The number of esters is 1. The average Bonchev–Trinajstić information content (AvgIpc) is 2.65. The summed E-state index contributed by atoms with van der Waals surface area (Å²) >= 11 is 0. The molecule has 1 amide bonds. The van der Waals surface area contributed by atoms with E-state index in [1.165, 1.54) is 25.5 Å². The molecule has 136 valence electrons. The van der Waals surface area contributed by atoms with E-state index in [9.17, 15) is 22.8 Å². The van der Waals surface area contributed by atoms with E-state index in [4.69, 9.17) is 4.84 Å². The molecule has 9 heteroatoms. The van der Waals surface area contributed by atoms with Crippen molar-refractivity contribution in [1.29, 1.82) is 0 Å². The van der Waals surface area contributed by atoms with Crippen molar-refractivity contribution in [1.82, 2.24) is 0 Å². The molecule has 0 aliphatic carbocycles. The molecular formula is C17H13F3N2O4. The fraction of sp³-hybridized carbons (Fsp3) is 0.118. The maximum Gasteiger partial charge on any atom is 0.337 e. The second-order valence-electron chi connectivity index (χ2n) is 4.89. The van der Waals surface area contributed by atoms with Gasteiger partial charge in [-0.05, 0) is 29.8 Å². The van der Waals surface area contributed by atoms with Crippen molar-refractivity contribution >= 4 is 23.8 Å². The lowest BCUT2D eigenvalue weighted by atomic mass is 10.1. The number of halogens is 3. The molecule has 2 aromatic carbocycles. The van der Waals surface area contributed by atoms with E-state index in [-0.39, 0.29) is 0 Å². The van der Waals surface area contributed by atoms with Gasteiger partial charge < -0.3 is 14.9 Å². The molecule has 0 aliphatic rings. The van der Waals surface area contributed by atoms with Gasteiger partial charge in [-0.3, -0.25) is 4.79 Å². The van der Waals surface area contributed by atoms with Crippen LogP contribution in [0.25, 0.3) is 0 Å². The SMILES string of the molecule is COC(=O)c1ccc(/C=N\OCC(=O)Nc2ccc(F)c(F)c2F)cc1. The fourth-order valence-corrected chi connectivity index (χ4v) is 1.83. The third-order valence-corrected chi connectivity index (χ3v) is 3.11. The number of amides is 1. The third kappa shape index (κ3) is 4.82. The third-order valence-electron chi connectivity index (χ3n) is 3.11. The monoisotopic (exact) mass is 366 g/mol. The molecule has 6 nitrogen and oxygen atoms in total. The molecule has 0 saturated carbocycles. The Kier molecular flexibility index (Phi) is 6.31. The van der Waals surface area contributed by atoms with Crippen LogP contribution in [0.1, 0.15) is 15.9 Å². The van der Waals surface area contributed by atoms with Gasteiger partial charge in [0, 0.05) is 0 Å². The number of nitrogens with zero attached hydrogens (tertiary/aromatic N) is 1. The highest BCUT2D eigenvalue weighted by molar-refractivity contribution is 5.92. The average molecular weight is 366 g/mol. The molecule has 0 bridgehead atoms. The number of carbonyl (C=O) groups excluding carboxylic acids is 2. The minimum atomic E-state index is -1.68. The highest BCUT2D eigenvalue weighted by Crippen LogP contribution is 2.19. The summed E-state index contributed by atoms with van der Waals surface area (Å²) in [6.07, 6.45) is 1.28. The predicted octanol–water partition coefficient (Wildman–Crippen LogP) is 2.88. The Balaban J connectivity index is 1.85. The number of hydrogen-bond donors (Lipinski definition) is 1.